The van der Waals surface area contributed by atoms with Crippen molar-refractivity contribution in [2.45, 2.75) is 12.5 Å². The lowest BCUT2D eigenvalue weighted by molar-refractivity contribution is -0.117. The average Bonchev–Trinajstić information content (AvgIpc) is 2.90. The number of rotatable bonds is 3. The maximum atomic E-state index is 13.8. The molecule has 1 heterocycles. The fourth-order valence-corrected chi connectivity index (χ4v) is 2.61. The Morgan fingerprint density at radius 1 is 1.04 bits per heavy atom. The molecule has 5 nitrogen and oxygen atoms in total. The van der Waals surface area contributed by atoms with Crippen molar-refractivity contribution in [3.8, 4) is 0 Å². The summed E-state index contributed by atoms with van der Waals surface area (Å²) in [6.45, 7) is 0.157. The van der Waals surface area contributed by atoms with Gasteiger partial charge in [0.25, 0.3) is 0 Å². The highest BCUT2D eigenvalue weighted by Crippen LogP contribution is 2.24. The van der Waals surface area contributed by atoms with Crippen LogP contribution >= 0.6 is 0 Å². The molecule has 2 aromatic carbocycles. The van der Waals surface area contributed by atoms with Gasteiger partial charge in [-0.25, -0.2) is 13.6 Å². The van der Waals surface area contributed by atoms with E-state index in [0.29, 0.717) is 0 Å². The molecule has 1 aliphatic rings. The highest BCUT2D eigenvalue weighted by Gasteiger charge is 2.32. The van der Waals surface area contributed by atoms with Gasteiger partial charge in [-0.2, -0.15) is 0 Å². The van der Waals surface area contributed by atoms with E-state index in [2.05, 4.69) is 10.6 Å². The predicted octanol–water partition coefficient (Wildman–Crippen LogP) is 2.89. The summed E-state index contributed by atoms with van der Waals surface area (Å²) in [5.41, 5.74) is 0.228. The summed E-state index contributed by atoms with van der Waals surface area (Å²) in [6, 6.07) is 10.6. The van der Waals surface area contributed by atoms with Crippen LogP contribution in [0.3, 0.4) is 0 Å². The summed E-state index contributed by atoms with van der Waals surface area (Å²) in [4.78, 5) is 25.3. The van der Waals surface area contributed by atoms with Crippen molar-refractivity contribution in [1.29, 1.82) is 0 Å². The van der Waals surface area contributed by atoms with Gasteiger partial charge < -0.3 is 15.5 Å². The highest BCUT2D eigenvalue weighted by molar-refractivity contribution is 5.97. The van der Waals surface area contributed by atoms with Gasteiger partial charge >= 0.3 is 6.03 Å². The largest absolute Gasteiger partial charge is 0.333 e. The molecule has 3 rings (SSSR count). The van der Waals surface area contributed by atoms with Crippen LogP contribution in [0.15, 0.2) is 48.5 Å². The van der Waals surface area contributed by atoms with Crippen LogP contribution in [0.5, 0.6) is 0 Å². The Kier molecular flexibility index (Phi) is 4.41. The van der Waals surface area contributed by atoms with Gasteiger partial charge in [0, 0.05) is 13.0 Å². The lowest BCUT2D eigenvalue weighted by atomic mass is 10.2. The van der Waals surface area contributed by atoms with Gasteiger partial charge in [-0.3, -0.25) is 4.79 Å². The van der Waals surface area contributed by atoms with Crippen LogP contribution in [-0.4, -0.2) is 24.5 Å². The summed E-state index contributed by atoms with van der Waals surface area (Å²) >= 11 is 0. The number of carbonyl (C=O) groups excluding carboxylic acids is 2. The third-order valence-corrected chi connectivity index (χ3v) is 3.73. The fourth-order valence-electron chi connectivity index (χ4n) is 2.61. The van der Waals surface area contributed by atoms with Crippen molar-refractivity contribution < 1.29 is 18.4 Å². The Morgan fingerprint density at radius 3 is 2.42 bits per heavy atom. The molecular weight excluding hydrogens is 316 g/mol. The Bertz CT molecular complexity index is 782. The van der Waals surface area contributed by atoms with Gasteiger partial charge in [0.15, 0.2) is 0 Å². The molecule has 2 N–H and O–H groups in total. The van der Waals surface area contributed by atoms with E-state index in [1.54, 1.807) is 12.1 Å². The first kappa shape index (κ1) is 15.9. The van der Waals surface area contributed by atoms with E-state index in [1.807, 2.05) is 0 Å². The molecule has 1 aliphatic heterocycles. The molecule has 124 valence electrons. The predicted molar refractivity (Wildman–Crippen MR) is 85.7 cm³/mol. The highest BCUT2D eigenvalue weighted by atomic mass is 19.1. The zero-order chi connectivity index (χ0) is 17.1. The normalized spacial score (nSPS) is 17.0. The Balaban J connectivity index is 1.63. The van der Waals surface area contributed by atoms with Crippen LogP contribution in [0.4, 0.5) is 25.0 Å². The number of nitrogens with zero attached hydrogens (tertiary/aromatic N) is 1. The van der Waals surface area contributed by atoms with Crippen LogP contribution in [0.1, 0.15) is 6.42 Å². The first-order valence-corrected chi connectivity index (χ1v) is 7.41. The number of anilines is 2. The monoisotopic (exact) mass is 331 g/mol. The van der Waals surface area contributed by atoms with E-state index >= 15 is 0 Å². The zero-order valence-corrected chi connectivity index (χ0v) is 12.6. The Morgan fingerprint density at radius 2 is 1.71 bits per heavy atom. The van der Waals surface area contributed by atoms with Gasteiger partial charge in [0.1, 0.15) is 11.6 Å². The fraction of sp³-hybridized carbons (Fsp3) is 0.176. The topological polar surface area (TPSA) is 61.4 Å². The van der Waals surface area contributed by atoms with Crippen LogP contribution in [0.2, 0.25) is 0 Å². The van der Waals surface area contributed by atoms with Crippen LogP contribution < -0.4 is 15.5 Å². The SMILES string of the molecule is O=C(Nc1ccccc1F)NC1CC(=O)N(c2ccccc2F)C1. The molecule has 0 radical (unpaired) electrons. The third kappa shape index (κ3) is 3.34. The molecule has 0 spiro atoms. The second kappa shape index (κ2) is 6.66. The zero-order valence-electron chi connectivity index (χ0n) is 12.6. The van der Waals surface area contributed by atoms with Crippen molar-refractivity contribution in [2.24, 2.45) is 0 Å². The van der Waals surface area contributed by atoms with Gasteiger partial charge in [0.05, 0.1) is 17.4 Å². The standard InChI is InChI=1S/C17H15F2N3O2/c18-12-5-1-3-7-14(12)21-17(24)20-11-9-16(23)22(10-11)15-8-4-2-6-13(15)19/h1-8,11H,9-10H2,(H2,20,21,24). The molecule has 0 aromatic heterocycles. The summed E-state index contributed by atoms with van der Waals surface area (Å²) in [5.74, 6) is -1.33. The second-order valence-corrected chi connectivity index (χ2v) is 5.44. The molecule has 3 amide bonds. The number of halogens is 2. The van der Waals surface area contributed by atoms with Crippen LogP contribution in [0.25, 0.3) is 0 Å². The number of hydrogen-bond acceptors (Lipinski definition) is 2. The van der Waals surface area contributed by atoms with E-state index in [9.17, 15) is 18.4 Å². The number of benzene rings is 2. The Hall–Kier alpha value is -2.96. The number of carbonyl (C=O) groups is 2. The summed E-state index contributed by atoms with van der Waals surface area (Å²) < 4.78 is 27.3. The molecule has 1 fully saturated rings. The number of urea groups is 1. The van der Waals surface area contributed by atoms with E-state index in [1.165, 1.54) is 41.3 Å². The maximum Gasteiger partial charge on any atom is 0.319 e. The van der Waals surface area contributed by atoms with E-state index < -0.39 is 23.7 Å². The lowest BCUT2D eigenvalue weighted by Gasteiger charge is -2.18. The number of nitrogens with one attached hydrogen (secondary N) is 2. The van der Waals surface area contributed by atoms with Crippen molar-refractivity contribution in [3.05, 3.63) is 60.2 Å². The number of hydrogen-bond donors (Lipinski definition) is 2. The first-order chi connectivity index (χ1) is 11.5. The molecule has 0 bridgehead atoms. The molecule has 1 unspecified atom stereocenters. The quantitative estimate of drug-likeness (QED) is 0.908. The van der Waals surface area contributed by atoms with Crippen LogP contribution in [-0.2, 0) is 4.79 Å². The molecule has 0 saturated carbocycles. The maximum absolute atomic E-state index is 13.8. The smallest absolute Gasteiger partial charge is 0.319 e. The van der Waals surface area contributed by atoms with Crippen molar-refractivity contribution in [3.63, 3.8) is 0 Å². The van der Waals surface area contributed by atoms with E-state index in [-0.39, 0.29) is 30.2 Å². The van der Waals surface area contributed by atoms with Crippen molar-refractivity contribution in [1.82, 2.24) is 5.32 Å². The minimum absolute atomic E-state index is 0.0466. The van der Waals surface area contributed by atoms with E-state index in [0.717, 1.165) is 0 Å². The van der Waals surface area contributed by atoms with Gasteiger partial charge in [-0.05, 0) is 24.3 Å². The van der Waals surface area contributed by atoms with Crippen molar-refractivity contribution in [2.75, 3.05) is 16.8 Å². The molecule has 2 aromatic rings. The van der Waals surface area contributed by atoms with Crippen molar-refractivity contribution >= 4 is 23.3 Å². The lowest BCUT2D eigenvalue weighted by Crippen LogP contribution is -2.40. The molecule has 7 heteroatoms. The summed E-state index contributed by atoms with van der Waals surface area (Å²) in [5, 5.41) is 4.99. The third-order valence-electron chi connectivity index (χ3n) is 3.73. The molecule has 0 aliphatic carbocycles. The van der Waals surface area contributed by atoms with E-state index in [4.69, 9.17) is 0 Å². The molecular formula is C17H15F2N3O2. The van der Waals surface area contributed by atoms with Gasteiger partial charge in [-0.1, -0.05) is 24.3 Å². The van der Waals surface area contributed by atoms with Gasteiger partial charge in [0.2, 0.25) is 5.91 Å². The summed E-state index contributed by atoms with van der Waals surface area (Å²) in [6.07, 6.45) is 0.0546. The minimum Gasteiger partial charge on any atom is -0.333 e. The van der Waals surface area contributed by atoms with Gasteiger partial charge in [-0.15, -0.1) is 0 Å². The average molecular weight is 331 g/mol. The van der Waals surface area contributed by atoms with Crippen LogP contribution in [0, 0.1) is 11.6 Å². The number of amides is 3. The second-order valence-electron chi connectivity index (χ2n) is 5.44. The first-order valence-electron chi connectivity index (χ1n) is 7.41. The minimum atomic E-state index is -0.617. The summed E-state index contributed by atoms with van der Waals surface area (Å²) in [7, 11) is 0. The Labute approximate surface area is 137 Å². The number of para-hydroxylation sites is 2. The molecule has 24 heavy (non-hydrogen) atoms. The molecule has 1 atom stereocenters. The molecule has 1 saturated heterocycles.